The average Bonchev–Trinajstić information content (AvgIpc) is 2.58. The Kier molecular flexibility index (Phi) is 6.36. The number of amides is 1. The number of halogens is 1. The largest absolute Gasteiger partial charge is 0.469 e. The van der Waals surface area contributed by atoms with E-state index in [0.29, 0.717) is 37.2 Å². The third-order valence-electron chi connectivity index (χ3n) is 4.21. The maximum atomic E-state index is 12.2. The van der Waals surface area contributed by atoms with Gasteiger partial charge in [-0.15, -0.1) is 0 Å². The van der Waals surface area contributed by atoms with Gasteiger partial charge < -0.3 is 14.4 Å². The van der Waals surface area contributed by atoms with E-state index in [4.69, 9.17) is 21.1 Å². The first-order valence-corrected chi connectivity index (χ1v) is 8.37. The minimum Gasteiger partial charge on any atom is -0.469 e. The molecule has 136 valence electrons. The van der Waals surface area contributed by atoms with E-state index in [1.54, 1.807) is 24.8 Å². The minimum absolute atomic E-state index is 0.0637. The molecule has 0 unspecified atom stereocenters. The summed E-state index contributed by atoms with van der Waals surface area (Å²) in [6, 6.07) is 1.72. The monoisotopic (exact) mass is 368 g/mol. The molecule has 0 aromatic carbocycles. The first-order valence-electron chi connectivity index (χ1n) is 8.00. The van der Waals surface area contributed by atoms with Gasteiger partial charge in [-0.1, -0.05) is 11.6 Å². The number of carbonyl (C=O) groups excluding carboxylic acids is 3. The summed E-state index contributed by atoms with van der Waals surface area (Å²) in [6.45, 7) is 4.00. The molecule has 0 aliphatic carbocycles. The van der Waals surface area contributed by atoms with Crippen molar-refractivity contribution in [1.82, 2.24) is 9.88 Å². The van der Waals surface area contributed by atoms with Crippen LogP contribution in [-0.2, 0) is 19.1 Å². The molecule has 0 saturated carbocycles. The van der Waals surface area contributed by atoms with Crippen molar-refractivity contribution in [3.05, 3.63) is 28.0 Å². The van der Waals surface area contributed by atoms with Crippen LogP contribution in [0, 0.1) is 19.8 Å². The van der Waals surface area contributed by atoms with Crippen LogP contribution in [0.5, 0.6) is 0 Å². The molecule has 8 heteroatoms. The number of pyridine rings is 1. The fourth-order valence-electron chi connectivity index (χ4n) is 2.86. The van der Waals surface area contributed by atoms with E-state index >= 15 is 0 Å². The number of piperidine rings is 1. The second kappa shape index (κ2) is 8.29. The summed E-state index contributed by atoms with van der Waals surface area (Å²) in [5.74, 6) is -1.41. The van der Waals surface area contributed by atoms with E-state index in [1.165, 1.54) is 7.11 Å². The zero-order valence-corrected chi connectivity index (χ0v) is 15.3. The smallest absolute Gasteiger partial charge is 0.342 e. The van der Waals surface area contributed by atoms with Crippen LogP contribution in [0.2, 0.25) is 5.15 Å². The molecule has 1 aromatic heterocycles. The number of esters is 2. The van der Waals surface area contributed by atoms with Gasteiger partial charge in [-0.2, -0.15) is 0 Å². The second-order valence-corrected chi connectivity index (χ2v) is 6.36. The molecule has 2 rings (SSSR count). The van der Waals surface area contributed by atoms with Crippen molar-refractivity contribution in [3.63, 3.8) is 0 Å². The topological polar surface area (TPSA) is 85.8 Å². The lowest BCUT2D eigenvalue weighted by Crippen LogP contribution is -2.42. The van der Waals surface area contributed by atoms with Gasteiger partial charge in [0.2, 0.25) is 0 Å². The average molecular weight is 369 g/mol. The number of rotatable bonds is 4. The van der Waals surface area contributed by atoms with Crippen LogP contribution < -0.4 is 0 Å². The molecule has 1 aliphatic rings. The van der Waals surface area contributed by atoms with Crippen molar-refractivity contribution in [2.24, 2.45) is 5.92 Å². The highest BCUT2D eigenvalue weighted by atomic mass is 35.5. The second-order valence-electron chi connectivity index (χ2n) is 6.00. The minimum atomic E-state index is -0.673. The fourth-order valence-corrected chi connectivity index (χ4v) is 3.22. The number of methoxy groups -OCH3 is 1. The van der Waals surface area contributed by atoms with E-state index in [-0.39, 0.29) is 35.1 Å². The maximum Gasteiger partial charge on any atom is 0.342 e. The molecule has 7 nitrogen and oxygen atoms in total. The number of aromatic nitrogens is 1. The Morgan fingerprint density at radius 1 is 1.28 bits per heavy atom. The molecule has 0 spiro atoms. The third kappa shape index (κ3) is 4.69. The molecule has 25 heavy (non-hydrogen) atoms. The quantitative estimate of drug-likeness (QED) is 0.596. The summed E-state index contributed by atoms with van der Waals surface area (Å²) in [6.07, 6.45) is 1.08. The Balaban J connectivity index is 1.89. The highest BCUT2D eigenvalue weighted by molar-refractivity contribution is 6.32. The molecule has 0 radical (unpaired) electrons. The molecule has 1 saturated heterocycles. The highest BCUT2D eigenvalue weighted by Crippen LogP contribution is 2.21. The van der Waals surface area contributed by atoms with Gasteiger partial charge in [-0.05, 0) is 38.3 Å². The zero-order chi connectivity index (χ0) is 18.6. The molecule has 0 atom stereocenters. The number of nitrogens with zero attached hydrogens (tertiary/aromatic N) is 2. The third-order valence-corrected chi connectivity index (χ3v) is 4.49. The van der Waals surface area contributed by atoms with Gasteiger partial charge in [0.1, 0.15) is 5.15 Å². The van der Waals surface area contributed by atoms with Gasteiger partial charge in [-0.3, -0.25) is 9.59 Å². The van der Waals surface area contributed by atoms with Crippen LogP contribution in [0.3, 0.4) is 0 Å². The van der Waals surface area contributed by atoms with Gasteiger partial charge >= 0.3 is 11.9 Å². The van der Waals surface area contributed by atoms with E-state index in [0.717, 1.165) is 0 Å². The molecule has 1 aliphatic heterocycles. The number of aryl methyl sites for hydroxylation is 2. The number of hydrogen-bond acceptors (Lipinski definition) is 6. The highest BCUT2D eigenvalue weighted by Gasteiger charge is 2.28. The zero-order valence-electron chi connectivity index (χ0n) is 14.5. The van der Waals surface area contributed by atoms with E-state index in [2.05, 4.69) is 4.98 Å². The lowest BCUT2D eigenvalue weighted by atomic mass is 9.97. The summed E-state index contributed by atoms with van der Waals surface area (Å²) in [7, 11) is 1.35. The Morgan fingerprint density at radius 2 is 1.92 bits per heavy atom. The van der Waals surface area contributed by atoms with Gasteiger partial charge in [0.05, 0.1) is 18.6 Å². The first-order chi connectivity index (χ1) is 11.8. The Morgan fingerprint density at radius 3 is 2.48 bits per heavy atom. The molecule has 1 aromatic rings. The van der Waals surface area contributed by atoms with Crippen LogP contribution in [0.1, 0.15) is 34.5 Å². The van der Waals surface area contributed by atoms with Crippen LogP contribution in [0.4, 0.5) is 0 Å². The predicted octanol–water partition coefficient (Wildman–Crippen LogP) is 1.92. The Labute approximate surface area is 151 Å². The van der Waals surface area contributed by atoms with Gasteiger partial charge in [-0.25, -0.2) is 9.78 Å². The van der Waals surface area contributed by atoms with Crippen LogP contribution >= 0.6 is 11.6 Å². The SMILES string of the molecule is COC(=O)C1CCN(C(=O)COC(=O)c2c(C)cc(C)nc2Cl)CC1. The van der Waals surface area contributed by atoms with E-state index in [9.17, 15) is 14.4 Å². The predicted molar refractivity (Wildman–Crippen MR) is 90.3 cm³/mol. The van der Waals surface area contributed by atoms with Crippen LogP contribution in [-0.4, -0.2) is 54.5 Å². The van der Waals surface area contributed by atoms with Crippen molar-refractivity contribution < 1.29 is 23.9 Å². The molecule has 0 bridgehead atoms. The molecule has 1 amide bonds. The number of hydrogen-bond donors (Lipinski definition) is 0. The maximum absolute atomic E-state index is 12.2. The normalized spacial score (nSPS) is 15.0. The lowest BCUT2D eigenvalue weighted by Gasteiger charge is -2.30. The van der Waals surface area contributed by atoms with Gasteiger partial charge in [0.15, 0.2) is 6.61 Å². The van der Waals surface area contributed by atoms with Crippen molar-refractivity contribution >= 4 is 29.4 Å². The van der Waals surface area contributed by atoms with Crippen LogP contribution in [0.25, 0.3) is 0 Å². The summed E-state index contributed by atoms with van der Waals surface area (Å²) >= 11 is 6.00. The number of carbonyl (C=O) groups is 3. The lowest BCUT2D eigenvalue weighted by molar-refractivity contribution is -0.149. The van der Waals surface area contributed by atoms with E-state index < -0.39 is 5.97 Å². The summed E-state index contributed by atoms with van der Waals surface area (Å²) in [5.41, 5.74) is 1.52. The van der Waals surface area contributed by atoms with E-state index in [1.807, 2.05) is 0 Å². The number of likely N-dealkylation sites (tertiary alicyclic amines) is 1. The molecular formula is C17H21ClN2O5. The molecule has 1 fully saturated rings. The van der Waals surface area contributed by atoms with Crippen molar-refractivity contribution in [3.8, 4) is 0 Å². The van der Waals surface area contributed by atoms with Crippen molar-refractivity contribution in [2.45, 2.75) is 26.7 Å². The standard InChI is InChI=1S/C17H21ClN2O5/c1-10-8-11(2)19-15(18)14(10)17(23)25-9-13(21)20-6-4-12(5-7-20)16(22)24-3/h8,12H,4-7,9H2,1-3H3. The summed E-state index contributed by atoms with van der Waals surface area (Å²) in [5, 5.41) is 0.0637. The van der Waals surface area contributed by atoms with Crippen molar-refractivity contribution in [1.29, 1.82) is 0 Å². The first kappa shape index (κ1) is 19.2. The van der Waals surface area contributed by atoms with Crippen LogP contribution in [0.15, 0.2) is 6.07 Å². The molecule has 2 heterocycles. The summed E-state index contributed by atoms with van der Waals surface area (Å²) < 4.78 is 9.81. The van der Waals surface area contributed by atoms with Gasteiger partial charge in [0, 0.05) is 18.8 Å². The number of ether oxygens (including phenoxy) is 2. The Bertz CT molecular complexity index is 661. The van der Waals surface area contributed by atoms with Gasteiger partial charge in [0.25, 0.3) is 5.91 Å². The van der Waals surface area contributed by atoms with Crippen molar-refractivity contribution in [2.75, 3.05) is 26.8 Å². The fraction of sp³-hybridized carbons (Fsp3) is 0.529. The Hall–Kier alpha value is -2.15. The summed E-state index contributed by atoms with van der Waals surface area (Å²) in [4.78, 5) is 41.5. The molecule has 0 N–H and O–H groups in total. The molecular weight excluding hydrogens is 348 g/mol.